The van der Waals surface area contributed by atoms with E-state index in [0.29, 0.717) is 12.5 Å². The summed E-state index contributed by atoms with van der Waals surface area (Å²) >= 11 is 0. The summed E-state index contributed by atoms with van der Waals surface area (Å²) in [6.45, 7) is 6.15. The van der Waals surface area contributed by atoms with Crippen molar-refractivity contribution in [2.75, 3.05) is 33.0 Å². The second-order valence-electron chi connectivity index (χ2n) is 5.16. The Bertz CT molecular complexity index is 202. The molecule has 0 heterocycles. The van der Waals surface area contributed by atoms with Crippen LogP contribution in [-0.4, -0.2) is 38.5 Å². The topological polar surface area (TPSA) is 70.5 Å². The second kappa shape index (κ2) is 8.03. The van der Waals surface area contributed by atoms with Crippen molar-refractivity contribution >= 4 is 0 Å². The standard InChI is InChI=1S/C13H28N2O2/c1-12-11-13(12,15)5-10-17-8-3-2-7-16-9-4-6-14/h12H,2-11,14-15H2,1H3. The smallest absolute Gasteiger partial charge is 0.0483 e. The zero-order chi connectivity index (χ0) is 12.6. The Hall–Kier alpha value is -0.160. The molecule has 1 fully saturated rings. The third kappa shape index (κ3) is 6.36. The minimum absolute atomic E-state index is 0.0886. The van der Waals surface area contributed by atoms with Gasteiger partial charge in [0.05, 0.1) is 0 Å². The average Bonchev–Trinajstić information content (AvgIpc) is 2.90. The third-order valence-electron chi connectivity index (χ3n) is 3.54. The molecule has 0 spiro atoms. The monoisotopic (exact) mass is 244 g/mol. The lowest BCUT2D eigenvalue weighted by Crippen LogP contribution is -2.26. The van der Waals surface area contributed by atoms with Crippen LogP contribution in [-0.2, 0) is 9.47 Å². The first kappa shape index (κ1) is 14.9. The van der Waals surface area contributed by atoms with E-state index >= 15 is 0 Å². The van der Waals surface area contributed by atoms with Crippen molar-refractivity contribution in [1.29, 1.82) is 0 Å². The van der Waals surface area contributed by atoms with Crippen molar-refractivity contribution in [1.82, 2.24) is 0 Å². The summed E-state index contributed by atoms with van der Waals surface area (Å²) in [5, 5.41) is 0. The zero-order valence-corrected chi connectivity index (χ0v) is 11.1. The van der Waals surface area contributed by atoms with Gasteiger partial charge < -0.3 is 20.9 Å². The van der Waals surface area contributed by atoms with Crippen LogP contribution in [0.25, 0.3) is 0 Å². The number of nitrogens with two attached hydrogens (primary N) is 2. The Morgan fingerprint density at radius 3 is 2.12 bits per heavy atom. The highest BCUT2D eigenvalue weighted by Crippen LogP contribution is 2.42. The Morgan fingerprint density at radius 1 is 1.06 bits per heavy atom. The van der Waals surface area contributed by atoms with Gasteiger partial charge in [0.2, 0.25) is 0 Å². The fourth-order valence-electron chi connectivity index (χ4n) is 1.92. The van der Waals surface area contributed by atoms with Crippen LogP contribution in [0.4, 0.5) is 0 Å². The van der Waals surface area contributed by atoms with Crippen LogP contribution in [0.5, 0.6) is 0 Å². The van der Waals surface area contributed by atoms with Gasteiger partial charge in [-0.2, -0.15) is 0 Å². The van der Waals surface area contributed by atoms with Gasteiger partial charge in [0.25, 0.3) is 0 Å². The summed E-state index contributed by atoms with van der Waals surface area (Å²) < 4.78 is 11.0. The summed E-state index contributed by atoms with van der Waals surface area (Å²) in [5.74, 6) is 0.682. The normalized spacial score (nSPS) is 27.4. The highest BCUT2D eigenvalue weighted by Gasteiger charge is 2.46. The number of hydrogen-bond donors (Lipinski definition) is 2. The van der Waals surface area contributed by atoms with Crippen LogP contribution in [0.3, 0.4) is 0 Å². The molecule has 0 saturated heterocycles. The molecule has 0 aromatic rings. The summed E-state index contributed by atoms with van der Waals surface area (Å²) in [4.78, 5) is 0. The SMILES string of the molecule is CC1CC1(N)CCOCCCCOCCCN. The van der Waals surface area contributed by atoms with Gasteiger partial charge in [-0.15, -0.1) is 0 Å². The van der Waals surface area contributed by atoms with E-state index in [0.717, 1.165) is 58.5 Å². The van der Waals surface area contributed by atoms with Gasteiger partial charge in [-0.25, -0.2) is 0 Å². The summed E-state index contributed by atoms with van der Waals surface area (Å²) in [7, 11) is 0. The predicted octanol–water partition coefficient (Wildman–Crippen LogP) is 1.28. The van der Waals surface area contributed by atoms with Crippen molar-refractivity contribution in [2.45, 2.75) is 44.6 Å². The molecule has 0 aliphatic heterocycles. The van der Waals surface area contributed by atoms with E-state index in [1.54, 1.807) is 0 Å². The Balaban J connectivity index is 1.73. The Labute approximate surface area is 105 Å². The molecule has 1 aliphatic carbocycles. The molecule has 102 valence electrons. The van der Waals surface area contributed by atoms with Gasteiger partial charge in [0, 0.05) is 32.0 Å². The number of rotatable bonds is 11. The molecule has 0 radical (unpaired) electrons. The first-order valence-corrected chi connectivity index (χ1v) is 6.83. The van der Waals surface area contributed by atoms with Crippen LogP contribution in [0.1, 0.15) is 39.0 Å². The van der Waals surface area contributed by atoms with Crippen LogP contribution >= 0.6 is 0 Å². The highest BCUT2D eigenvalue weighted by atomic mass is 16.5. The molecule has 2 atom stereocenters. The van der Waals surface area contributed by atoms with Crippen molar-refractivity contribution in [3.63, 3.8) is 0 Å². The third-order valence-corrected chi connectivity index (χ3v) is 3.54. The average molecular weight is 244 g/mol. The fourth-order valence-corrected chi connectivity index (χ4v) is 1.92. The minimum atomic E-state index is 0.0886. The molecule has 1 saturated carbocycles. The molecule has 1 aliphatic rings. The van der Waals surface area contributed by atoms with Crippen LogP contribution < -0.4 is 11.5 Å². The first-order chi connectivity index (χ1) is 8.19. The Kier molecular flexibility index (Phi) is 7.04. The van der Waals surface area contributed by atoms with Gasteiger partial charge in [-0.1, -0.05) is 6.92 Å². The van der Waals surface area contributed by atoms with Crippen molar-refractivity contribution < 1.29 is 9.47 Å². The van der Waals surface area contributed by atoms with Crippen molar-refractivity contribution in [3.8, 4) is 0 Å². The molecule has 4 nitrogen and oxygen atoms in total. The quantitative estimate of drug-likeness (QED) is 0.537. The number of ether oxygens (including phenoxy) is 2. The van der Waals surface area contributed by atoms with E-state index in [-0.39, 0.29) is 5.54 Å². The van der Waals surface area contributed by atoms with Crippen LogP contribution in [0, 0.1) is 5.92 Å². The van der Waals surface area contributed by atoms with Gasteiger partial charge in [0.15, 0.2) is 0 Å². The maximum atomic E-state index is 6.09. The summed E-state index contributed by atoms with van der Waals surface area (Å²) in [5.41, 5.74) is 11.5. The van der Waals surface area contributed by atoms with Gasteiger partial charge in [-0.3, -0.25) is 0 Å². The van der Waals surface area contributed by atoms with E-state index in [4.69, 9.17) is 20.9 Å². The molecular formula is C13H28N2O2. The van der Waals surface area contributed by atoms with E-state index in [1.165, 1.54) is 0 Å². The van der Waals surface area contributed by atoms with Gasteiger partial charge in [-0.05, 0) is 44.6 Å². The Morgan fingerprint density at radius 2 is 1.59 bits per heavy atom. The maximum absolute atomic E-state index is 6.09. The number of hydrogen-bond acceptors (Lipinski definition) is 4. The first-order valence-electron chi connectivity index (χ1n) is 6.83. The molecule has 0 bridgehead atoms. The molecule has 0 aromatic heterocycles. The largest absolute Gasteiger partial charge is 0.381 e. The maximum Gasteiger partial charge on any atom is 0.0483 e. The van der Waals surface area contributed by atoms with E-state index in [2.05, 4.69) is 6.92 Å². The zero-order valence-electron chi connectivity index (χ0n) is 11.1. The lowest BCUT2D eigenvalue weighted by atomic mass is 10.1. The molecule has 2 unspecified atom stereocenters. The lowest BCUT2D eigenvalue weighted by molar-refractivity contribution is 0.0978. The predicted molar refractivity (Wildman–Crippen MR) is 69.9 cm³/mol. The highest BCUT2D eigenvalue weighted by molar-refractivity contribution is 5.04. The molecular weight excluding hydrogens is 216 g/mol. The summed E-state index contributed by atoms with van der Waals surface area (Å²) in [6, 6.07) is 0. The number of unbranched alkanes of at least 4 members (excludes halogenated alkanes) is 1. The lowest BCUT2D eigenvalue weighted by Gasteiger charge is -2.10. The van der Waals surface area contributed by atoms with Crippen molar-refractivity contribution in [3.05, 3.63) is 0 Å². The van der Waals surface area contributed by atoms with Crippen molar-refractivity contribution in [2.24, 2.45) is 17.4 Å². The minimum Gasteiger partial charge on any atom is -0.381 e. The van der Waals surface area contributed by atoms with Gasteiger partial charge in [0.1, 0.15) is 0 Å². The molecule has 1 rings (SSSR count). The molecule has 4 heteroatoms. The fraction of sp³-hybridized carbons (Fsp3) is 1.00. The van der Waals surface area contributed by atoms with Crippen LogP contribution in [0.15, 0.2) is 0 Å². The van der Waals surface area contributed by atoms with E-state index in [1.807, 2.05) is 0 Å². The molecule has 0 aromatic carbocycles. The van der Waals surface area contributed by atoms with E-state index in [9.17, 15) is 0 Å². The van der Waals surface area contributed by atoms with E-state index < -0.39 is 0 Å². The second-order valence-corrected chi connectivity index (χ2v) is 5.16. The molecule has 17 heavy (non-hydrogen) atoms. The molecule has 0 amide bonds. The van der Waals surface area contributed by atoms with Gasteiger partial charge >= 0.3 is 0 Å². The summed E-state index contributed by atoms with van der Waals surface area (Å²) in [6.07, 6.45) is 5.24. The van der Waals surface area contributed by atoms with Crippen LogP contribution in [0.2, 0.25) is 0 Å². The molecule has 4 N–H and O–H groups in total.